The average Bonchev–Trinajstić information content (AvgIpc) is 2.65. The van der Waals surface area contributed by atoms with E-state index < -0.39 is 0 Å². The molecule has 164 valence electrons. The number of aliphatic hydroxyl groups excluding tert-OH is 2. The van der Waals surface area contributed by atoms with Crippen LogP contribution in [0.3, 0.4) is 0 Å². The van der Waals surface area contributed by atoms with Gasteiger partial charge in [0.1, 0.15) is 0 Å². The van der Waals surface area contributed by atoms with Crippen LogP contribution in [0.15, 0.2) is 11.6 Å². The minimum Gasteiger partial charge on any atom is -0.393 e. The predicted molar refractivity (Wildman–Crippen MR) is 118 cm³/mol. The Bertz CT molecular complexity index is 695. The van der Waals surface area contributed by atoms with Gasteiger partial charge < -0.3 is 10.2 Å². The number of rotatable bonds is 0. The van der Waals surface area contributed by atoms with Crippen LogP contribution in [0.2, 0.25) is 0 Å². The molecule has 5 aliphatic rings. The number of fused-ring (bicyclic) bond motifs is 7. The molecular formula is C27H44O2. The minimum absolute atomic E-state index is 0.103. The lowest BCUT2D eigenvalue weighted by Crippen LogP contribution is -2.60. The van der Waals surface area contributed by atoms with Crippen molar-refractivity contribution in [2.75, 3.05) is 0 Å². The predicted octanol–water partition coefficient (Wildman–Crippen LogP) is 5.97. The highest BCUT2D eigenvalue weighted by Gasteiger charge is 2.62. The van der Waals surface area contributed by atoms with Crippen LogP contribution in [0, 0.1) is 51.8 Å². The Hall–Kier alpha value is -0.340. The molecule has 0 radical (unpaired) electrons. The fourth-order valence-electron chi connectivity index (χ4n) is 9.59. The molecule has 29 heavy (non-hydrogen) atoms. The Kier molecular flexibility index (Phi) is 4.66. The van der Waals surface area contributed by atoms with Crippen molar-refractivity contribution in [3.8, 4) is 0 Å². The van der Waals surface area contributed by atoms with Crippen molar-refractivity contribution in [1.29, 1.82) is 0 Å². The molecule has 2 heteroatoms. The summed E-state index contributed by atoms with van der Waals surface area (Å²) in [6.45, 7) is 12.3. The highest BCUT2D eigenvalue weighted by atomic mass is 16.3. The maximum atomic E-state index is 11.2. The van der Waals surface area contributed by atoms with Crippen LogP contribution >= 0.6 is 0 Å². The summed E-state index contributed by atoms with van der Waals surface area (Å²) in [4.78, 5) is 0. The van der Waals surface area contributed by atoms with Crippen LogP contribution in [-0.2, 0) is 0 Å². The summed E-state index contributed by atoms with van der Waals surface area (Å²) in [6, 6.07) is 0. The fraction of sp³-hybridized carbons (Fsp3) is 0.926. The molecule has 0 aromatic rings. The molecule has 0 aliphatic heterocycles. The Balaban J connectivity index is 1.51. The number of hydrogen-bond acceptors (Lipinski definition) is 2. The van der Waals surface area contributed by atoms with E-state index in [2.05, 4.69) is 40.7 Å². The van der Waals surface area contributed by atoms with Crippen molar-refractivity contribution in [2.45, 2.75) is 105 Å². The van der Waals surface area contributed by atoms with Gasteiger partial charge in [0.15, 0.2) is 0 Å². The summed E-state index contributed by atoms with van der Waals surface area (Å²) in [5.74, 6) is 3.49. The molecule has 0 aromatic heterocycles. The molecule has 5 aliphatic carbocycles. The molecule has 10 unspecified atom stereocenters. The van der Waals surface area contributed by atoms with Crippen molar-refractivity contribution >= 4 is 0 Å². The number of hydrogen-bond donors (Lipinski definition) is 2. The molecule has 0 saturated heterocycles. The van der Waals surface area contributed by atoms with Crippen LogP contribution in [-0.4, -0.2) is 22.4 Å². The summed E-state index contributed by atoms with van der Waals surface area (Å²) in [5.41, 5.74) is 2.84. The summed E-state index contributed by atoms with van der Waals surface area (Å²) >= 11 is 0. The van der Waals surface area contributed by atoms with E-state index in [0.29, 0.717) is 51.8 Å². The third-order valence-electron chi connectivity index (χ3n) is 11.3. The molecule has 0 aromatic carbocycles. The van der Waals surface area contributed by atoms with Crippen LogP contribution in [0.5, 0.6) is 0 Å². The van der Waals surface area contributed by atoms with Gasteiger partial charge in [-0.15, -0.1) is 0 Å². The maximum absolute atomic E-state index is 11.2. The van der Waals surface area contributed by atoms with E-state index in [1.54, 1.807) is 5.57 Å². The van der Waals surface area contributed by atoms with Gasteiger partial charge in [0.2, 0.25) is 0 Å². The highest BCUT2D eigenvalue weighted by molar-refractivity contribution is 5.28. The standard InChI is InChI=1S/C27H44O2/c1-16-20-9-12-27(5)21-14-23(29)18-8-11-25(2,3)15-19(18)17(21)6-7-24(27)26(20,4)13-10-22(16)28/h6,16,18-24,28-29H,7-15H2,1-5H3. The summed E-state index contributed by atoms with van der Waals surface area (Å²) in [6.07, 6.45) is 13.1. The van der Waals surface area contributed by atoms with Crippen LogP contribution in [0.4, 0.5) is 0 Å². The first-order valence-corrected chi connectivity index (χ1v) is 12.6. The zero-order valence-corrected chi connectivity index (χ0v) is 19.5. The first-order chi connectivity index (χ1) is 13.6. The minimum atomic E-state index is -0.105. The normalized spacial score (nSPS) is 56.3. The van der Waals surface area contributed by atoms with Crippen molar-refractivity contribution in [1.82, 2.24) is 0 Å². The van der Waals surface area contributed by atoms with Gasteiger partial charge in [-0.25, -0.2) is 0 Å². The first kappa shape index (κ1) is 20.6. The largest absolute Gasteiger partial charge is 0.393 e. The second-order valence-electron chi connectivity index (χ2n) is 13.1. The average molecular weight is 401 g/mol. The molecule has 0 heterocycles. The van der Waals surface area contributed by atoms with Gasteiger partial charge in [-0.3, -0.25) is 0 Å². The van der Waals surface area contributed by atoms with E-state index in [-0.39, 0.29) is 12.2 Å². The maximum Gasteiger partial charge on any atom is 0.0580 e. The Morgan fingerprint density at radius 2 is 1.62 bits per heavy atom. The van der Waals surface area contributed by atoms with Gasteiger partial charge in [-0.2, -0.15) is 0 Å². The Morgan fingerprint density at radius 3 is 2.38 bits per heavy atom. The van der Waals surface area contributed by atoms with E-state index >= 15 is 0 Å². The lowest BCUT2D eigenvalue weighted by Gasteiger charge is -2.66. The SMILES string of the molecule is CC1C(O)CCC2(C)C1CCC1(C)C3CC(O)C4CCC(C)(C)CC4C3=CCC12. The summed E-state index contributed by atoms with van der Waals surface area (Å²) in [5, 5.41) is 21.8. The molecule has 5 rings (SSSR count). The third-order valence-corrected chi connectivity index (χ3v) is 11.3. The van der Waals surface area contributed by atoms with Gasteiger partial charge >= 0.3 is 0 Å². The first-order valence-electron chi connectivity index (χ1n) is 12.6. The molecule has 2 nitrogen and oxygen atoms in total. The van der Waals surface area contributed by atoms with Gasteiger partial charge in [0, 0.05) is 0 Å². The molecule has 4 fully saturated rings. The van der Waals surface area contributed by atoms with Gasteiger partial charge in [-0.05, 0) is 110 Å². The third kappa shape index (κ3) is 2.87. The molecule has 0 amide bonds. The van der Waals surface area contributed by atoms with Crippen LogP contribution < -0.4 is 0 Å². The fourth-order valence-corrected chi connectivity index (χ4v) is 9.59. The molecule has 10 atom stereocenters. The lowest BCUT2D eigenvalue weighted by atomic mass is 9.39. The van der Waals surface area contributed by atoms with E-state index in [1.165, 1.54) is 44.9 Å². The zero-order chi connectivity index (χ0) is 20.8. The molecular weight excluding hydrogens is 356 g/mol. The van der Waals surface area contributed by atoms with E-state index in [0.717, 1.165) is 12.8 Å². The van der Waals surface area contributed by atoms with E-state index in [9.17, 15) is 10.2 Å². The van der Waals surface area contributed by atoms with E-state index in [4.69, 9.17) is 0 Å². The van der Waals surface area contributed by atoms with Gasteiger partial charge in [0.25, 0.3) is 0 Å². The zero-order valence-electron chi connectivity index (χ0n) is 19.5. The van der Waals surface area contributed by atoms with Gasteiger partial charge in [0.05, 0.1) is 12.2 Å². The van der Waals surface area contributed by atoms with Gasteiger partial charge in [-0.1, -0.05) is 46.3 Å². The number of aliphatic hydroxyl groups is 2. The molecule has 4 saturated carbocycles. The second-order valence-corrected chi connectivity index (χ2v) is 13.1. The van der Waals surface area contributed by atoms with Crippen molar-refractivity contribution < 1.29 is 10.2 Å². The molecule has 2 N–H and O–H groups in total. The van der Waals surface area contributed by atoms with Crippen molar-refractivity contribution in [2.24, 2.45) is 51.8 Å². The molecule has 0 bridgehead atoms. The number of allylic oxidation sites excluding steroid dienone is 2. The Morgan fingerprint density at radius 1 is 0.897 bits per heavy atom. The second kappa shape index (κ2) is 6.58. The quantitative estimate of drug-likeness (QED) is 0.492. The van der Waals surface area contributed by atoms with Crippen LogP contribution in [0.25, 0.3) is 0 Å². The van der Waals surface area contributed by atoms with Crippen molar-refractivity contribution in [3.05, 3.63) is 11.6 Å². The lowest BCUT2D eigenvalue weighted by molar-refractivity contribution is -0.160. The Labute approximate surface area is 178 Å². The van der Waals surface area contributed by atoms with E-state index in [1.807, 2.05) is 0 Å². The van der Waals surface area contributed by atoms with Crippen LogP contribution in [0.1, 0.15) is 92.4 Å². The summed E-state index contributed by atoms with van der Waals surface area (Å²) in [7, 11) is 0. The highest BCUT2D eigenvalue weighted by Crippen LogP contribution is 2.69. The molecule has 0 spiro atoms. The summed E-state index contributed by atoms with van der Waals surface area (Å²) < 4.78 is 0. The topological polar surface area (TPSA) is 40.5 Å². The van der Waals surface area contributed by atoms with Crippen molar-refractivity contribution in [3.63, 3.8) is 0 Å². The smallest absolute Gasteiger partial charge is 0.0580 e. The monoisotopic (exact) mass is 400 g/mol.